The lowest BCUT2D eigenvalue weighted by molar-refractivity contribution is 0.432. The van der Waals surface area contributed by atoms with E-state index in [4.69, 9.17) is 33.5 Å². The molecule has 2 N–H and O–H groups in total. The van der Waals surface area contributed by atoms with Crippen LogP contribution in [0.25, 0.3) is 22.2 Å². The molecule has 0 unspecified atom stereocenters. The molecule has 0 bridgehead atoms. The van der Waals surface area contributed by atoms with Crippen molar-refractivity contribution in [1.29, 1.82) is 0 Å². The summed E-state index contributed by atoms with van der Waals surface area (Å²) in [6.45, 7) is 4.07. The van der Waals surface area contributed by atoms with Gasteiger partial charge in [0.15, 0.2) is 5.13 Å². The van der Waals surface area contributed by atoms with Crippen LogP contribution in [-0.4, -0.2) is 15.1 Å². The summed E-state index contributed by atoms with van der Waals surface area (Å²) in [5, 5.41) is 5.48. The third-order valence-electron chi connectivity index (χ3n) is 3.01. The van der Waals surface area contributed by atoms with Gasteiger partial charge in [0.25, 0.3) is 5.89 Å². The maximum absolute atomic E-state index is 6.17. The number of nitrogens with two attached hydrogens (primary N) is 1. The van der Waals surface area contributed by atoms with Crippen molar-refractivity contribution in [3.8, 4) is 22.2 Å². The van der Waals surface area contributed by atoms with Crippen molar-refractivity contribution < 1.29 is 4.52 Å². The normalized spacial score (nSPS) is 11.3. The van der Waals surface area contributed by atoms with Crippen LogP contribution < -0.4 is 5.73 Å². The monoisotopic (exact) mass is 354 g/mol. The third-order valence-corrected chi connectivity index (χ3v) is 4.45. The van der Waals surface area contributed by atoms with Gasteiger partial charge >= 0.3 is 0 Å². The van der Waals surface area contributed by atoms with Gasteiger partial charge in [-0.05, 0) is 24.1 Å². The Bertz CT molecular complexity index is 828. The molecule has 0 saturated heterocycles. The topological polar surface area (TPSA) is 77.8 Å². The van der Waals surface area contributed by atoms with Crippen LogP contribution in [0, 0.1) is 0 Å². The number of nitrogen functional groups attached to an aromatic ring is 1. The minimum atomic E-state index is 0.206. The Morgan fingerprint density at radius 3 is 2.68 bits per heavy atom. The van der Waals surface area contributed by atoms with Gasteiger partial charge in [0.05, 0.1) is 10.7 Å². The average Bonchev–Trinajstić information content (AvgIpc) is 3.05. The van der Waals surface area contributed by atoms with E-state index in [9.17, 15) is 0 Å². The quantitative estimate of drug-likeness (QED) is 0.725. The molecule has 8 heteroatoms. The third kappa shape index (κ3) is 2.82. The highest BCUT2D eigenvalue weighted by Crippen LogP contribution is 2.36. The van der Waals surface area contributed by atoms with E-state index >= 15 is 0 Å². The predicted octanol–water partition coefficient (Wildman–Crippen LogP) is 4.87. The molecule has 0 spiro atoms. The fourth-order valence-corrected chi connectivity index (χ4v) is 3.39. The Balaban J connectivity index is 2.04. The van der Waals surface area contributed by atoms with Crippen LogP contribution in [0.1, 0.15) is 25.5 Å². The lowest BCUT2D eigenvalue weighted by Gasteiger charge is -2.00. The van der Waals surface area contributed by atoms with Crippen molar-refractivity contribution in [1.82, 2.24) is 15.1 Å². The predicted molar refractivity (Wildman–Crippen MR) is 89.4 cm³/mol. The van der Waals surface area contributed by atoms with E-state index in [1.807, 2.05) is 13.8 Å². The van der Waals surface area contributed by atoms with E-state index in [-0.39, 0.29) is 5.92 Å². The standard InChI is InChI=1S/C14H12Cl2N4OS/c1-6(2)10-11(22-14(17)18-10)13-19-12(20-21-13)8-4-3-7(15)5-9(8)16/h3-6H,1-2H3,(H2,17,18). The summed E-state index contributed by atoms with van der Waals surface area (Å²) in [4.78, 5) is 9.52. The second-order valence-corrected chi connectivity index (χ2v) is 6.84. The molecule has 0 radical (unpaired) electrons. The number of aromatic nitrogens is 3. The van der Waals surface area contributed by atoms with Crippen LogP contribution in [0.4, 0.5) is 5.13 Å². The van der Waals surface area contributed by atoms with E-state index < -0.39 is 0 Å². The fraction of sp³-hybridized carbons (Fsp3) is 0.214. The number of thiazole rings is 1. The minimum Gasteiger partial charge on any atom is -0.375 e. The summed E-state index contributed by atoms with van der Waals surface area (Å²) in [5.41, 5.74) is 7.30. The number of rotatable bonds is 3. The second kappa shape index (κ2) is 5.87. The van der Waals surface area contributed by atoms with Crippen molar-refractivity contribution >= 4 is 39.7 Å². The van der Waals surface area contributed by atoms with Crippen LogP contribution in [0.2, 0.25) is 10.0 Å². The number of benzene rings is 1. The SMILES string of the molecule is CC(C)c1nc(N)sc1-c1nc(-c2ccc(Cl)cc2Cl)no1. The first kappa shape index (κ1) is 15.3. The van der Waals surface area contributed by atoms with Crippen LogP contribution in [0.5, 0.6) is 0 Å². The highest BCUT2D eigenvalue weighted by atomic mass is 35.5. The molecule has 2 aromatic heterocycles. The fourth-order valence-electron chi connectivity index (χ4n) is 1.99. The number of anilines is 1. The van der Waals surface area contributed by atoms with Crippen LogP contribution in [0.15, 0.2) is 22.7 Å². The molecule has 0 amide bonds. The zero-order chi connectivity index (χ0) is 15.9. The second-order valence-electron chi connectivity index (χ2n) is 4.97. The molecule has 1 aromatic carbocycles. The molecule has 0 fully saturated rings. The largest absolute Gasteiger partial charge is 0.375 e. The zero-order valence-corrected chi connectivity index (χ0v) is 14.1. The first-order valence-electron chi connectivity index (χ1n) is 6.51. The summed E-state index contributed by atoms with van der Waals surface area (Å²) in [5.74, 6) is 0.996. The van der Waals surface area contributed by atoms with Gasteiger partial charge in [-0.2, -0.15) is 4.98 Å². The maximum atomic E-state index is 6.17. The molecule has 5 nitrogen and oxygen atoms in total. The maximum Gasteiger partial charge on any atom is 0.270 e. The molecule has 0 saturated carbocycles. The van der Waals surface area contributed by atoms with E-state index in [0.717, 1.165) is 10.6 Å². The van der Waals surface area contributed by atoms with E-state index in [2.05, 4.69) is 15.1 Å². The average molecular weight is 355 g/mol. The molecule has 0 aliphatic rings. The number of hydrogen-bond donors (Lipinski definition) is 1. The summed E-state index contributed by atoms with van der Waals surface area (Å²) in [6.07, 6.45) is 0. The summed E-state index contributed by atoms with van der Waals surface area (Å²) in [7, 11) is 0. The lowest BCUT2D eigenvalue weighted by Crippen LogP contribution is -1.91. The minimum absolute atomic E-state index is 0.206. The smallest absolute Gasteiger partial charge is 0.270 e. The Morgan fingerprint density at radius 1 is 1.23 bits per heavy atom. The molecular weight excluding hydrogens is 343 g/mol. The summed E-state index contributed by atoms with van der Waals surface area (Å²) >= 11 is 13.4. The molecule has 0 aliphatic heterocycles. The molecular formula is C14H12Cl2N4OS. The molecule has 0 atom stereocenters. The number of hydrogen-bond acceptors (Lipinski definition) is 6. The van der Waals surface area contributed by atoms with Gasteiger partial charge in [-0.25, -0.2) is 4.98 Å². The van der Waals surface area contributed by atoms with Crippen molar-refractivity contribution in [3.63, 3.8) is 0 Å². The van der Waals surface area contributed by atoms with E-state index in [0.29, 0.717) is 32.5 Å². The van der Waals surface area contributed by atoms with Crippen molar-refractivity contribution in [2.75, 3.05) is 5.73 Å². The van der Waals surface area contributed by atoms with Crippen molar-refractivity contribution in [3.05, 3.63) is 33.9 Å². The molecule has 3 rings (SSSR count). The highest BCUT2D eigenvalue weighted by Gasteiger charge is 2.21. The number of halogens is 2. The lowest BCUT2D eigenvalue weighted by atomic mass is 10.1. The Hall–Kier alpha value is -1.63. The van der Waals surface area contributed by atoms with Crippen LogP contribution in [0.3, 0.4) is 0 Å². The summed E-state index contributed by atoms with van der Waals surface area (Å²) < 4.78 is 5.36. The zero-order valence-electron chi connectivity index (χ0n) is 11.8. The first-order valence-corrected chi connectivity index (χ1v) is 8.08. The van der Waals surface area contributed by atoms with E-state index in [1.165, 1.54) is 11.3 Å². The molecule has 0 aliphatic carbocycles. The van der Waals surface area contributed by atoms with Gasteiger partial charge in [0.1, 0.15) is 4.88 Å². The van der Waals surface area contributed by atoms with Crippen LogP contribution in [-0.2, 0) is 0 Å². The van der Waals surface area contributed by atoms with Crippen molar-refractivity contribution in [2.24, 2.45) is 0 Å². The van der Waals surface area contributed by atoms with Gasteiger partial charge in [-0.1, -0.05) is 53.5 Å². The van der Waals surface area contributed by atoms with Crippen LogP contribution >= 0.6 is 34.5 Å². The van der Waals surface area contributed by atoms with Gasteiger partial charge < -0.3 is 10.3 Å². The van der Waals surface area contributed by atoms with Gasteiger partial charge in [-0.15, -0.1) is 0 Å². The van der Waals surface area contributed by atoms with Crippen molar-refractivity contribution in [2.45, 2.75) is 19.8 Å². The van der Waals surface area contributed by atoms with Gasteiger partial charge in [0.2, 0.25) is 5.82 Å². The number of nitrogens with zero attached hydrogens (tertiary/aromatic N) is 3. The summed E-state index contributed by atoms with van der Waals surface area (Å²) in [6, 6.07) is 5.12. The first-order chi connectivity index (χ1) is 10.5. The Kier molecular flexibility index (Phi) is 4.08. The van der Waals surface area contributed by atoms with E-state index in [1.54, 1.807) is 18.2 Å². The van der Waals surface area contributed by atoms with Gasteiger partial charge in [-0.3, -0.25) is 0 Å². The molecule has 3 aromatic rings. The molecule has 2 heterocycles. The Morgan fingerprint density at radius 2 is 2.00 bits per heavy atom. The Labute approximate surface area is 141 Å². The highest BCUT2D eigenvalue weighted by molar-refractivity contribution is 7.18. The molecule has 114 valence electrons. The van der Waals surface area contributed by atoms with Gasteiger partial charge in [0, 0.05) is 10.6 Å². The molecule has 22 heavy (non-hydrogen) atoms.